The van der Waals surface area contributed by atoms with Gasteiger partial charge in [0.05, 0.1) is 11.3 Å². The molecule has 11 heteroatoms. The van der Waals surface area contributed by atoms with Gasteiger partial charge in [-0.2, -0.15) is 0 Å². The van der Waals surface area contributed by atoms with Crippen LogP contribution < -0.4 is 15.1 Å². The Labute approximate surface area is 227 Å². The van der Waals surface area contributed by atoms with Gasteiger partial charge in [-0.05, 0) is 75.3 Å². The summed E-state index contributed by atoms with van der Waals surface area (Å²) >= 11 is 5.74. The van der Waals surface area contributed by atoms with Gasteiger partial charge < -0.3 is 20.0 Å². The second kappa shape index (κ2) is 10.4. The number of carbonyl (C=O) groups is 2. The van der Waals surface area contributed by atoms with E-state index in [1.165, 1.54) is 23.2 Å². The molecule has 0 bridgehead atoms. The average molecular weight is 536 g/mol. The van der Waals surface area contributed by atoms with Crippen molar-refractivity contribution in [3.63, 3.8) is 0 Å². The molecule has 2 saturated heterocycles. The van der Waals surface area contributed by atoms with Gasteiger partial charge in [-0.1, -0.05) is 6.57 Å². The second-order valence-corrected chi connectivity index (χ2v) is 10.5. The van der Waals surface area contributed by atoms with E-state index in [0.29, 0.717) is 42.9 Å². The zero-order chi connectivity index (χ0) is 27.0. The van der Waals surface area contributed by atoms with Crippen molar-refractivity contribution in [1.82, 2.24) is 20.1 Å². The molecule has 9 nitrogen and oxygen atoms in total. The lowest BCUT2D eigenvalue weighted by molar-refractivity contribution is -0.123. The number of aryl methyl sites for hydroxylation is 1. The number of likely N-dealkylation sites (N-methyl/N-ethyl adjacent to an activating group) is 1. The lowest BCUT2D eigenvalue weighted by Crippen LogP contribution is -2.55. The van der Waals surface area contributed by atoms with Crippen LogP contribution in [-0.4, -0.2) is 83.6 Å². The van der Waals surface area contributed by atoms with Crippen LogP contribution in [0.3, 0.4) is 0 Å². The number of hydrogen-bond acceptors (Lipinski definition) is 6. The van der Waals surface area contributed by atoms with Gasteiger partial charge in [-0.15, -0.1) is 4.98 Å². The van der Waals surface area contributed by atoms with E-state index in [1.54, 1.807) is 24.0 Å². The zero-order valence-corrected chi connectivity index (χ0v) is 22.4. The van der Waals surface area contributed by atoms with E-state index in [-0.39, 0.29) is 22.4 Å². The summed E-state index contributed by atoms with van der Waals surface area (Å²) in [6.07, 6.45) is 3.50. The summed E-state index contributed by atoms with van der Waals surface area (Å²) in [7, 11) is 2.09. The molecule has 0 radical (unpaired) electrons. The Kier molecular flexibility index (Phi) is 7.13. The standard InChI is InChI=1S/C27H30FN7O2S/c1-18-15-20(17-31-23(18)29-2)34-25(37)27(7-4-8-27)35(26(34)38)19-5-6-21(22(28)16-19)24(36)30-9-10-33-13-11-32(3)12-14-33/h5-6,15-17H,4,7-14H2,1,3H3,(H,30,36). The van der Waals surface area contributed by atoms with Crippen LogP contribution in [0, 0.1) is 19.3 Å². The number of benzene rings is 1. The molecular weight excluding hydrogens is 505 g/mol. The van der Waals surface area contributed by atoms with Gasteiger partial charge in [0, 0.05) is 45.0 Å². The molecule has 1 N–H and O–H groups in total. The summed E-state index contributed by atoms with van der Waals surface area (Å²) < 4.78 is 15.2. The smallest absolute Gasteiger partial charge is 0.272 e. The molecule has 3 fully saturated rings. The van der Waals surface area contributed by atoms with Crippen molar-refractivity contribution in [2.45, 2.75) is 31.7 Å². The number of nitrogens with one attached hydrogen (secondary N) is 1. The summed E-state index contributed by atoms with van der Waals surface area (Å²) in [5.74, 6) is -1.05. The molecule has 1 spiro atoms. The molecule has 2 aromatic rings. The molecule has 2 aliphatic heterocycles. The van der Waals surface area contributed by atoms with Gasteiger partial charge in [0.2, 0.25) is 0 Å². The molecule has 0 atom stereocenters. The molecule has 5 rings (SSSR count). The molecular formula is C27H30FN7O2S. The van der Waals surface area contributed by atoms with Crippen molar-refractivity contribution < 1.29 is 14.0 Å². The molecule has 1 aliphatic carbocycles. The van der Waals surface area contributed by atoms with E-state index in [2.05, 4.69) is 32.0 Å². The normalized spacial score (nSPS) is 19.5. The maximum Gasteiger partial charge on any atom is 0.272 e. The summed E-state index contributed by atoms with van der Waals surface area (Å²) in [5.41, 5.74) is 0.623. The fourth-order valence-electron chi connectivity index (χ4n) is 5.32. The van der Waals surface area contributed by atoms with Crippen molar-refractivity contribution in [3.05, 3.63) is 58.8 Å². The van der Waals surface area contributed by atoms with Crippen molar-refractivity contribution in [3.8, 4) is 0 Å². The van der Waals surface area contributed by atoms with E-state index >= 15 is 4.39 Å². The van der Waals surface area contributed by atoms with Crippen molar-refractivity contribution in [2.75, 3.05) is 56.1 Å². The maximum atomic E-state index is 15.2. The summed E-state index contributed by atoms with van der Waals surface area (Å²) in [6.45, 7) is 14.0. The predicted molar refractivity (Wildman–Crippen MR) is 147 cm³/mol. The van der Waals surface area contributed by atoms with E-state index in [9.17, 15) is 9.59 Å². The van der Waals surface area contributed by atoms with E-state index in [4.69, 9.17) is 18.8 Å². The third kappa shape index (κ3) is 4.53. The number of piperazine rings is 1. The highest BCUT2D eigenvalue weighted by Crippen LogP contribution is 2.48. The Morgan fingerprint density at radius 2 is 1.95 bits per heavy atom. The zero-order valence-electron chi connectivity index (χ0n) is 21.5. The first-order valence-electron chi connectivity index (χ1n) is 12.8. The van der Waals surface area contributed by atoms with E-state index < -0.39 is 17.3 Å². The van der Waals surface area contributed by atoms with Crippen LogP contribution in [0.2, 0.25) is 0 Å². The van der Waals surface area contributed by atoms with Crippen LogP contribution >= 0.6 is 12.2 Å². The second-order valence-electron chi connectivity index (χ2n) is 10.2. The number of amides is 2. The molecule has 1 aromatic carbocycles. The van der Waals surface area contributed by atoms with Crippen molar-refractivity contribution >= 4 is 46.3 Å². The van der Waals surface area contributed by atoms with Crippen LogP contribution in [-0.2, 0) is 4.79 Å². The lowest BCUT2D eigenvalue weighted by Gasteiger charge is -2.43. The first-order valence-corrected chi connectivity index (χ1v) is 13.2. The highest BCUT2D eigenvalue weighted by molar-refractivity contribution is 7.81. The minimum Gasteiger partial charge on any atom is -0.360 e. The van der Waals surface area contributed by atoms with Gasteiger partial charge in [0.25, 0.3) is 17.6 Å². The lowest BCUT2D eigenvalue weighted by atomic mass is 9.75. The average Bonchev–Trinajstić information content (AvgIpc) is 3.11. The number of hydrogen-bond donors (Lipinski definition) is 1. The highest BCUT2D eigenvalue weighted by Gasteiger charge is 2.59. The molecule has 3 aliphatic rings. The largest absolute Gasteiger partial charge is 0.360 e. The maximum absolute atomic E-state index is 15.2. The number of halogens is 1. The van der Waals surface area contributed by atoms with Gasteiger partial charge in [0.15, 0.2) is 5.11 Å². The first kappa shape index (κ1) is 26.2. The Morgan fingerprint density at radius 3 is 2.55 bits per heavy atom. The molecule has 1 aromatic heterocycles. The Balaban J connectivity index is 1.33. The fourth-order valence-corrected chi connectivity index (χ4v) is 5.79. The molecule has 198 valence electrons. The summed E-state index contributed by atoms with van der Waals surface area (Å²) in [4.78, 5) is 41.6. The highest BCUT2D eigenvalue weighted by atomic mass is 32.1. The quantitative estimate of drug-likeness (QED) is 0.450. The Bertz CT molecular complexity index is 1330. The number of thiocarbonyl (C=S) groups is 1. The number of carbonyl (C=O) groups excluding carboxylic acids is 2. The van der Waals surface area contributed by atoms with Crippen LogP contribution in [0.4, 0.5) is 21.6 Å². The van der Waals surface area contributed by atoms with Crippen LogP contribution in [0.25, 0.3) is 4.85 Å². The molecule has 2 amide bonds. The predicted octanol–water partition coefficient (Wildman–Crippen LogP) is 3.12. The van der Waals surface area contributed by atoms with Gasteiger partial charge in [-0.3, -0.25) is 19.4 Å². The molecule has 3 heterocycles. The molecule has 0 unspecified atom stereocenters. The van der Waals surface area contributed by atoms with Crippen LogP contribution in [0.15, 0.2) is 30.5 Å². The number of pyridine rings is 1. The molecule has 1 saturated carbocycles. The summed E-state index contributed by atoms with van der Waals surface area (Å²) in [6, 6.07) is 6.10. The van der Waals surface area contributed by atoms with Gasteiger partial charge in [0.1, 0.15) is 17.6 Å². The van der Waals surface area contributed by atoms with Crippen LogP contribution in [0.1, 0.15) is 35.2 Å². The number of anilines is 2. The van der Waals surface area contributed by atoms with Gasteiger partial charge >= 0.3 is 0 Å². The fraction of sp³-hybridized carbons (Fsp3) is 0.444. The minimum atomic E-state index is -0.887. The minimum absolute atomic E-state index is 0.0438. The van der Waals surface area contributed by atoms with Crippen molar-refractivity contribution in [1.29, 1.82) is 0 Å². The first-order chi connectivity index (χ1) is 18.2. The topological polar surface area (TPSA) is 76.4 Å². The van der Waals surface area contributed by atoms with Crippen LogP contribution in [0.5, 0.6) is 0 Å². The third-order valence-corrected chi connectivity index (χ3v) is 8.12. The summed E-state index contributed by atoms with van der Waals surface area (Å²) in [5, 5.41) is 3.05. The Morgan fingerprint density at radius 1 is 1.21 bits per heavy atom. The monoisotopic (exact) mass is 535 g/mol. The number of aromatic nitrogens is 1. The third-order valence-electron chi connectivity index (χ3n) is 7.76. The van der Waals surface area contributed by atoms with Gasteiger partial charge in [-0.25, -0.2) is 4.39 Å². The SMILES string of the molecule is [C-]#[N+]c1ncc(N2C(=O)C3(CCC3)N(c3ccc(C(=O)NCCN4CCN(C)CC4)c(F)c3)C2=S)cc1C. The van der Waals surface area contributed by atoms with E-state index in [0.717, 1.165) is 32.6 Å². The molecule has 38 heavy (non-hydrogen) atoms. The number of rotatable bonds is 6. The van der Waals surface area contributed by atoms with Crippen molar-refractivity contribution in [2.24, 2.45) is 0 Å². The van der Waals surface area contributed by atoms with E-state index in [1.807, 2.05) is 0 Å². The number of nitrogens with zero attached hydrogens (tertiary/aromatic N) is 6. The Hall–Kier alpha value is -3.46.